The first-order chi connectivity index (χ1) is 10.3. The molecule has 2 aromatic rings. The number of amides is 1. The van der Waals surface area contributed by atoms with E-state index in [9.17, 15) is 4.79 Å². The lowest BCUT2D eigenvalue weighted by molar-refractivity contribution is -0.123. The average Bonchev–Trinajstić information content (AvgIpc) is 2.97. The molecule has 1 aromatic heterocycles. The van der Waals surface area contributed by atoms with Crippen molar-refractivity contribution in [3.05, 3.63) is 66.0 Å². The molecule has 0 spiro atoms. The summed E-state index contributed by atoms with van der Waals surface area (Å²) in [5.41, 5.74) is 4.49. The van der Waals surface area contributed by atoms with Gasteiger partial charge < -0.3 is 10.1 Å². The van der Waals surface area contributed by atoms with Gasteiger partial charge in [-0.1, -0.05) is 30.3 Å². The van der Waals surface area contributed by atoms with Crippen molar-refractivity contribution < 1.29 is 9.53 Å². The summed E-state index contributed by atoms with van der Waals surface area (Å²) in [4.78, 5) is 15.8. The highest BCUT2D eigenvalue weighted by molar-refractivity contribution is 5.94. The largest absolute Gasteiger partial charge is 0.432 e. The van der Waals surface area contributed by atoms with Crippen LogP contribution in [0.15, 0.2) is 60.0 Å². The molecule has 1 atom stereocenters. The summed E-state index contributed by atoms with van der Waals surface area (Å²) in [7, 11) is 0. The van der Waals surface area contributed by atoms with Crippen LogP contribution in [-0.2, 0) is 16.0 Å². The molecule has 1 amide bonds. The Morgan fingerprint density at radius 3 is 2.71 bits per heavy atom. The zero-order valence-corrected chi connectivity index (χ0v) is 11.2. The van der Waals surface area contributed by atoms with Gasteiger partial charge in [-0.05, 0) is 17.7 Å². The average molecular weight is 282 g/mol. The van der Waals surface area contributed by atoms with Crippen molar-refractivity contribution in [1.82, 2.24) is 15.7 Å². The number of pyridine rings is 1. The molecule has 1 aliphatic rings. The van der Waals surface area contributed by atoms with Gasteiger partial charge in [-0.2, -0.15) is 0 Å². The van der Waals surface area contributed by atoms with Crippen LogP contribution in [0.25, 0.3) is 0 Å². The number of ether oxygens (including phenoxy) is 1. The van der Waals surface area contributed by atoms with Crippen LogP contribution in [-0.4, -0.2) is 23.1 Å². The van der Waals surface area contributed by atoms with Gasteiger partial charge in [-0.3, -0.25) is 15.2 Å². The number of benzene rings is 1. The van der Waals surface area contributed by atoms with E-state index in [2.05, 4.69) is 20.8 Å². The van der Waals surface area contributed by atoms with E-state index in [0.29, 0.717) is 12.3 Å². The lowest BCUT2D eigenvalue weighted by Gasteiger charge is -2.13. The van der Waals surface area contributed by atoms with Gasteiger partial charge in [-0.15, -0.1) is 5.10 Å². The molecule has 0 fully saturated rings. The standard InChI is InChI=1S/C15H14N4O2/c20-13(10-11-4-2-1-3-5-11)17-15-19-18-14(21-15)12-6-8-16-9-7-12/h1-9,15,19H,10H2,(H,17,20). The van der Waals surface area contributed by atoms with E-state index in [1.165, 1.54) is 0 Å². The number of nitrogens with zero attached hydrogens (tertiary/aromatic N) is 2. The molecule has 0 saturated heterocycles. The fourth-order valence-corrected chi connectivity index (χ4v) is 1.95. The predicted octanol–water partition coefficient (Wildman–Crippen LogP) is 1.01. The topological polar surface area (TPSA) is 75.6 Å². The summed E-state index contributed by atoms with van der Waals surface area (Å²) >= 11 is 0. The number of carbonyl (C=O) groups is 1. The Labute approximate surface area is 121 Å². The monoisotopic (exact) mass is 282 g/mol. The van der Waals surface area contributed by atoms with Crippen molar-refractivity contribution in [3.63, 3.8) is 0 Å². The van der Waals surface area contributed by atoms with Crippen LogP contribution in [0.4, 0.5) is 0 Å². The molecule has 6 heteroatoms. The number of carbonyl (C=O) groups excluding carboxylic acids is 1. The minimum atomic E-state index is -0.649. The Hall–Kier alpha value is -2.89. The van der Waals surface area contributed by atoms with Crippen LogP contribution in [0.2, 0.25) is 0 Å². The fourth-order valence-electron chi connectivity index (χ4n) is 1.95. The van der Waals surface area contributed by atoms with E-state index in [1.807, 2.05) is 30.3 Å². The maximum Gasteiger partial charge on any atom is 0.267 e. The molecule has 0 aliphatic carbocycles. The molecular weight excluding hydrogens is 268 g/mol. The first kappa shape index (κ1) is 13.1. The molecule has 2 heterocycles. The lowest BCUT2D eigenvalue weighted by Crippen LogP contribution is -2.43. The summed E-state index contributed by atoms with van der Waals surface area (Å²) in [5, 5.41) is 6.77. The summed E-state index contributed by atoms with van der Waals surface area (Å²) < 4.78 is 5.53. The molecule has 1 unspecified atom stereocenters. The third-order valence-electron chi connectivity index (χ3n) is 2.94. The third kappa shape index (κ3) is 3.36. The highest BCUT2D eigenvalue weighted by atomic mass is 16.5. The fraction of sp³-hybridized carbons (Fsp3) is 0.133. The molecule has 3 rings (SSSR count). The zero-order valence-electron chi connectivity index (χ0n) is 11.2. The summed E-state index contributed by atoms with van der Waals surface area (Å²) in [6.45, 7) is 0. The highest BCUT2D eigenvalue weighted by Crippen LogP contribution is 2.07. The molecule has 106 valence electrons. The lowest BCUT2D eigenvalue weighted by atomic mass is 10.1. The Morgan fingerprint density at radius 1 is 1.19 bits per heavy atom. The van der Waals surface area contributed by atoms with Crippen LogP contribution in [0.5, 0.6) is 0 Å². The van der Waals surface area contributed by atoms with Crippen molar-refractivity contribution in [2.24, 2.45) is 5.10 Å². The van der Waals surface area contributed by atoms with Crippen LogP contribution in [0, 0.1) is 0 Å². The van der Waals surface area contributed by atoms with E-state index in [-0.39, 0.29) is 5.91 Å². The third-order valence-corrected chi connectivity index (χ3v) is 2.94. The van der Waals surface area contributed by atoms with Gasteiger partial charge in [-0.25, -0.2) is 0 Å². The Kier molecular flexibility index (Phi) is 3.77. The van der Waals surface area contributed by atoms with Crippen molar-refractivity contribution >= 4 is 11.8 Å². The molecule has 1 aromatic carbocycles. The number of aromatic nitrogens is 1. The second-order valence-corrected chi connectivity index (χ2v) is 4.51. The van der Waals surface area contributed by atoms with Crippen LogP contribution >= 0.6 is 0 Å². The highest BCUT2D eigenvalue weighted by Gasteiger charge is 2.21. The SMILES string of the molecule is O=C(Cc1ccccc1)NC1NN=C(c2ccncc2)O1. The van der Waals surface area contributed by atoms with Crippen molar-refractivity contribution in [2.75, 3.05) is 0 Å². The van der Waals surface area contributed by atoms with E-state index < -0.39 is 6.35 Å². The molecule has 0 saturated carbocycles. The molecule has 2 N–H and O–H groups in total. The molecule has 6 nitrogen and oxygen atoms in total. The Morgan fingerprint density at radius 2 is 1.95 bits per heavy atom. The first-order valence-electron chi connectivity index (χ1n) is 6.55. The molecule has 1 aliphatic heterocycles. The van der Waals surface area contributed by atoms with Gasteiger partial charge in [0, 0.05) is 18.0 Å². The first-order valence-corrected chi connectivity index (χ1v) is 6.55. The predicted molar refractivity (Wildman–Crippen MR) is 77.1 cm³/mol. The van der Waals surface area contributed by atoms with Gasteiger partial charge in [0.2, 0.25) is 11.8 Å². The Bertz CT molecular complexity index is 643. The van der Waals surface area contributed by atoms with E-state index in [1.54, 1.807) is 24.5 Å². The smallest absolute Gasteiger partial charge is 0.267 e. The number of hydrogen-bond donors (Lipinski definition) is 2. The number of hydrazone groups is 1. The quantitative estimate of drug-likeness (QED) is 0.877. The minimum absolute atomic E-state index is 0.134. The molecule has 21 heavy (non-hydrogen) atoms. The summed E-state index contributed by atoms with van der Waals surface area (Å²) in [6, 6.07) is 13.1. The maximum atomic E-state index is 11.9. The summed E-state index contributed by atoms with van der Waals surface area (Å²) in [6.07, 6.45) is 2.96. The van der Waals surface area contributed by atoms with Gasteiger partial charge in [0.1, 0.15) is 0 Å². The second kappa shape index (κ2) is 6.04. The van der Waals surface area contributed by atoms with Crippen LogP contribution < -0.4 is 10.7 Å². The minimum Gasteiger partial charge on any atom is -0.432 e. The number of nitrogens with one attached hydrogen (secondary N) is 2. The molecular formula is C15H14N4O2. The van der Waals surface area contributed by atoms with Crippen molar-refractivity contribution in [3.8, 4) is 0 Å². The zero-order chi connectivity index (χ0) is 14.5. The maximum absolute atomic E-state index is 11.9. The van der Waals surface area contributed by atoms with Gasteiger partial charge in [0.15, 0.2) is 0 Å². The van der Waals surface area contributed by atoms with E-state index in [4.69, 9.17) is 4.74 Å². The van der Waals surface area contributed by atoms with Gasteiger partial charge in [0.25, 0.3) is 6.35 Å². The van der Waals surface area contributed by atoms with Crippen molar-refractivity contribution in [1.29, 1.82) is 0 Å². The second-order valence-electron chi connectivity index (χ2n) is 4.51. The number of hydrogen-bond acceptors (Lipinski definition) is 5. The molecule has 0 bridgehead atoms. The van der Waals surface area contributed by atoms with E-state index >= 15 is 0 Å². The van der Waals surface area contributed by atoms with Gasteiger partial charge in [0.05, 0.1) is 6.42 Å². The van der Waals surface area contributed by atoms with Crippen LogP contribution in [0.1, 0.15) is 11.1 Å². The summed E-state index contributed by atoms with van der Waals surface area (Å²) in [5.74, 6) is 0.298. The molecule has 0 radical (unpaired) electrons. The van der Waals surface area contributed by atoms with Crippen molar-refractivity contribution in [2.45, 2.75) is 12.8 Å². The normalized spacial score (nSPS) is 16.6. The van der Waals surface area contributed by atoms with Gasteiger partial charge >= 0.3 is 0 Å². The van der Waals surface area contributed by atoms with E-state index in [0.717, 1.165) is 11.1 Å². The number of rotatable bonds is 4. The van der Waals surface area contributed by atoms with Crippen LogP contribution in [0.3, 0.4) is 0 Å². The Balaban J connectivity index is 1.53.